The van der Waals surface area contributed by atoms with Gasteiger partial charge < -0.3 is 5.73 Å². The number of rotatable bonds is 2. The third-order valence-electron chi connectivity index (χ3n) is 3.02. The third kappa shape index (κ3) is 1.67. The molecule has 2 aromatic heterocycles. The van der Waals surface area contributed by atoms with E-state index in [2.05, 4.69) is 24.0 Å². The Bertz CT molecular complexity index is 700. The number of benzene rings is 1. The number of nitrogens with zero attached hydrogens (tertiary/aromatic N) is 3. The molecule has 3 rings (SSSR count). The van der Waals surface area contributed by atoms with Crippen molar-refractivity contribution in [3.05, 3.63) is 54.1 Å². The van der Waals surface area contributed by atoms with Crippen LogP contribution in [0.5, 0.6) is 0 Å². The second-order valence-corrected chi connectivity index (χ2v) is 4.24. The summed E-state index contributed by atoms with van der Waals surface area (Å²) >= 11 is 0. The monoisotopic (exact) mass is 238 g/mol. The molecule has 0 saturated carbocycles. The zero-order valence-corrected chi connectivity index (χ0v) is 10.2. The first-order chi connectivity index (χ1) is 8.79. The Balaban J connectivity index is 2.26. The van der Waals surface area contributed by atoms with Crippen molar-refractivity contribution in [1.82, 2.24) is 14.5 Å². The molecule has 0 radical (unpaired) electrons. The zero-order valence-electron chi connectivity index (χ0n) is 10.2. The number of pyridine rings is 1. The smallest absolute Gasteiger partial charge is 0.141 e. The van der Waals surface area contributed by atoms with Crippen LogP contribution in [-0.4, -0.2) is 14.5 Å². The predicted molar refractivity (Wildman–Crippen MR) is 71.5 cm³/mol. The van der Waals surface area contributed by atoms with Crippen molar-refractivity contribution in [1.29, 1.82) is 0 Å². The minimum atomic E-state index is 0.404. The number of aromatic nitrogens is 3. The summed E-state index contributed by atoms with van der Waals surface area (Å²) in [5, 5.41) is 1.15. The van der Waals surface area contributed by atoms with Crippen LogP contribution in [-0.2, 0) is 6.54 Å². The highest BCUT2D eigenvalue weighted by atomic mass is 15.1. The Morgan fingerprint density at radius 3 is 2.94 bits per heavy atom. The molecule has 0 bridgehead atoms. The van der Waals surface area contributed by atoms with Crippen molar-refractivity contribution < 1.29 is 0 Å². The van der Waals surface area contributed by atoms with Gasteiger partial charge in [-0.2, -0.15) is 0 Å². The van der Waals surface area contributed by atoms with Crippen LogP contribution in [0.3, 0.4) is 0 Å². The number of aryl methyl sites for hydroxylation is 1. The van der Waals surface area contributed by atoms with Crippen LogP contribution in [0, 0.1) is 6.92 Å². The second kappa shape index (κ2) is 4.23. The maximum absolute atomic E-state index is 5.68. The quantitative estimate of drug-likeness (QED) is 0.744. The molecule has 4 nitrogen and oxygen atoms in total. The van der Waals surface area contributed by atoms with E-state index in [1.165, 1.54) is 0 Å². The summed E-state index contributed by atoms with van der Waals surface area (Å²) in [7, 11) is 0. The second-order valence-electron chi connectivity index (χ2n) is 4.24. The molecule has 2 N–H and O–H groups in total. The van der Waals surface area contributed by atoms with Crippen LogP contribution in [0.25, 0.3) is 16.7 Å². The lowest BCUT2D eigenvalue weighted by Crippen LogP contribution is -2.08. The maximum Gasteiger partial charge on any atom is 0.141 e. The van der Waals surface area contributed by atoms with Crippen LogP contribution >= 0.6 is 0 Å². The molecule has 3 aromatic rings. The molecule has 0 aliphatic rings. The molecule has 4 heteroatoms. The van der Waals surface area contributed by atoms with E-state index in [9.17, 15) is 0 Å². The van der Waals surface area contributed by atoms with E-state index in [-0.39, 0.29) is 0 Å². The third-order valence-corrected chi connectivity index (χ3v) is 3.02. The van der Waals surface area contributed by atoms with Crippen molar-refractivity contribution in [2.45, 2.75) is 13.5 Å². The highest BCUT2D eigenvalue weighted by Gasteiger charge is 2.08. The zero-order chi connectivity index (χ0) is 12.5. The number of para-hydroxylation sites is 1. The minimum absolute atomic E-state index is 0.404. The summed E-state index contributed by atoms with van der Waals surface area (Å²) in [6.45, 7) is 2.45. The minimum Gasteiger partial charge on any atom is -0.324 e. The van der Waals surface area contributed by atoms with Crippen molar-refractivity contribution in [2.75, 3.05) is 0 Å². The molecule has 0 amide bonds. The van der Waals surface area contributed by atoms with Gasteiger partial charge in [0.05, 0.1) is 12.1 Å². The summed E-state index contributed by atoms with van der Waals surface area (Å²) in [5.41, 5.74) is 7.78. The highest BCUT2D eigenvalue weighted by molar-refractivity contribution is 5.80. The Kier molecular flexibility index (Phi) is 2.57. The fourth-order valence-corrected chi connectivity index (χ4v) is 2.13. The molecule has 0 aliphatic heterocycles. The first-order valence-electron chi connectivity index (χ1n) is 5.88. The summed E-state index contributed by atoms with van der Waals surface area (Å²) in [6, 6.07) is 10.2. The van der Waals surface area contributed by atoms with Gasteiger partial charge in [-0.15, -0.1) is 0 Å². The van der Waals surface area contributed by atoms with Crippen LogP contribution in [0.1, 0.15) is 11.4 Å². The molecular weight excluding hydrogens is 224 g/mol. The van der Waals surface area contributed by atoms with E-state index in [1.807, 2.05) is 29.0 Å². The van der Waals surface area contributed by atoms with E-state index in [1.54, 1.807) is 6.20 Å². The van der Waals surface area contributed by atoms with Crippen molar-refractivity contribution in [3.63, 3.8) is 0 Å². The summed E-state index contributed by atoms with van der Waals surface area (Å²) in [6.07, 6.45) is 3.64. The molecule has 0 unspecified atom stereocenters. The Morgan fingerprint density at radius 2 is 2.11 bits per heavy atom. The lowest BCUT2D eigenvalue weighted by Gasteiger charge is -2.10. The van der Waals surface area contributed by atoms with Gasteiger partial charge in [-0.05, 0) is 24.6 Å². The first kappa shape index (κ1) is 10.9. The summed E-state index contributed by atoms with van der Waals surface area (Å²) < 4.78 is 1.95. The molecule has 18 heavy (non-hydrogen) atoms. The highest BCUT2D eigenvalue weighted by Crippen LogP contribution is 2.19. The van der Waals surface area contributed by atoms with Crippen molar-refractivity contribution in [2.24, 2.45) is 5.73 Å². The molecule has 0 atom stereocenters. The van der Waals surface area contributed by atoms with Gasteiger partial charge in [-0.1, -0.05) is 18.2 Å². The standard InChI is InChI=1S/C14H14N4/c1-10-8-11-4-2-3-5-12(11)17-14(10)18-7-6-16-13(18)9-15/h2-8H,9,15H2,1H3. The van der Waals surface area contributed by atoms with E-state index in [4.69, 9.17) is 10.7 Å². The fourth-order valence-electron chi connectivity index (χ4n) is 2.13. The van der Waals surface area contributed by atoms with Crippen LogP contribution < -0.4 is 5.73 Å². The topological polar surface area (TPSA) is 56.7 Å². The first-order valence-corrected chi connectivity index (χ1v) is 5.88. The van der Waals surface area contributed by atoms with Gasteiger partial charge in [0, 0.05) is 17.8 Å². The van der Waals surface area contributed by atoms with Crippen LogP contribution in [0.15, 0.2) is 42.7 Å². The van der Waals surface area contributed by atoms with Crippen LogP contribution in [0.4, 0.5) is 0 Å². The SMILES string of the molecule is Cc1cc2ccccc2nc1-n1ccnc1CN. The molecule has 0 aliphatic carbocycles. The number of nitrogens with two attached hydrogens (primary N) is 1. The van der Waals surface area contributed by atoms with Gasteiger partial charge in [0.25, 0.3) is 0 Å². The lowest BCUT2D eigenvalue weighted by atomic mass is 10.1. The number of fused-ring (bicyclic) bond motifs is 1. The largest absolute Gasteiger partial charge is 0.324 e. The average molecular weight is 238 g/mol. The molecule has 1 aromatic carbocycles. The fraction of sp³-hybridized carbons (Fsp3) is 0.143. The van der Waals surface area contributed by atoms with E-state index in [0.29, 0.717) is 6.54 Å². The molecule has 2 heterocycles. The van der Waals surface area contributed by atoms with Gasteiger partial charge in [-0.3, -0.25) is 4.57 Å². The molecule has 90 valence electrons. The molecule has 0 saturated heterocycles. The van der Waals surface area contributed by atoms with E-state index in [0.717, 1.165) is 28.1 Å². The predicted octanol–water partition coefficient (Wildman–Crippen LogP) is 2.19. The summed E-state index contributed by atoms with van der Waals surface area (Å²) in [5.74, 6) is 1.72. The number of imidazole rings is 1. The van der Waals surface area contributed by atoms with Gasteiger partial charge in [0.15, 0.2) is 0 Å². The Hall–Kier alpha value is -2.20. The van der Waals surface area contributed by atoms with Gasteiger partial charge in [0.1, 0.15) is 11.6 Å². The molecule has 0 fully saturated rings. The summed E-state index contributed by atoms with van der Waals surface area (Å²) in [4.78, 5) is 8.92. The normalized spacial score (nSPS) is 11.0. The van der Waals surface area contributed by atoms with Crippen molar-refractivity contribution in [3.8, 4) is 5.82 Å². The van der Waals surface area contributed by atoms with Crippen molar-refractivity contribution >= 4 is 10.9 Å². The lowest BCUT2D eigenvalue weighted by molar-refractivity contribution is 0.846. The number of hydrogen-bond acceptors (Lipinski definition) is 3. The molecule has 0 spiro atoms. The van der Waals surface area contributed by atoms with Gasteiger partial charge >= 0.3 is 0 Å². The van der Waals surface area contributed by atoms with Gasteiger partial charge in [0.2, 0.25) is 0 Å². The maximum atomic E-state index is 5.68. The average Bonchev–Trinajstić information content (AvgIpc) is 2.86. The van der Waals surface area contributed by atoms with Crippen LogP contribution in [0.2, 0.25) is 0 Å². The van der Waals surface area contributed by atoms with E-state index < -0.39 is 0 Å². The van der Waals surface area contributed by atoms with Gasteiger partial charge in [-0.25, -0.2) is 9.97 Å². The van der Waals surface area contributed by atoms with E-state index >= 15 is 0 Å². The number of hydrogen-bond donors (Lipinski definition) is 1. The Labute approximate surface area is 105 Å². The molecular formula is C14H14N4. The Morgan fingerprint density at radius 1 is 1.28 bits per heavy atom.